The van der Waals surface area contributed by atoms with Gasteiger partial charge in [0.1, 0.15) is 0 Å². The summed E-state index contributed by atoms with van der Waals surface area (Å²) in [6, 6.07) is 21.2. The van der Waals surface area contributed by atoms with Crippen LogP contribution < -0.4 is 0 Å². The normalized spacial score (nSPS) is 13.6. The van der Waals surface area contributed by atoms with Crippen LogP contribution in [0.5, 0.6) is 0 Å². The lowest BCUT2D eigenvalue weighted by Gasteiger charge is -2.14. The van der Waals surface area contributed by atoms with E-state index < -0.39 is 0 Å². The van der Waals surface area contributed by atoms with Crippen LogP contribution in [0, 0.1) is 0 Å². The van der Waals surface area contributed by atoms with Gasteiger partial charge in [-0.15, -0.1) is 0 Å². The van der Waals surface area contributed by atoms with Gasteiger partial charge in [0.25, 0.3) is 0 Å². The lowest BCUT2D eigenvalue weighted by molar-refractivity contribution is 1.46. The smallest absolute Gasteiger partial charge is 0.0284 e. The summed E-state index contributed by atoms with van der Waals surface area (Å²) >= 11 is 4.87. The van der Waals surface area contributed by atoms with E-state index in [1.54, 1.807) is 0 Å². The third-order valence-corrected chi connectivity index (χ3v) is 5.17. The fourth-order valence-electron chi connectivity index (χ4n) is 2.01. The van der Waals surface area contributed by atoms with Gasteiger partial charge in [-0.25, -0.2) is 0 Å². The molecule has 20 heavy (non-hydrogen) atoms. The van der Waals surface area contributed by atoms with E-state index in [1.807, 2.05) is 0 Å². The number of hydrogen-bond donors (Lipinski definition) is 0. The van der Waals surface area contributed by atoms with Gasteiger partial charge in [0.05, 0.1) is 0 Å². The number of halogens is 2. The molecule has 0 unspecified atom stereocenters. The Morgan fingerprint density at radius 2 is 1.15 bits per heavy atom. The van der Waals surface area contributed by atoms with Crippen LogP contribution in [0.2, 0.25) is 0 Å². The Morgan fingerprint density at radius 3 is 1.60 bits per heavy atom. The van der Waals surface area contributed by atoms with E-state index in [2.05, 4.69) is 120 Å². The topological polar surface area (TPSA) is 0 Å². The molecule has 2 aromatic rings. The molecule has 0 radical (unpaired) electrons. The monoisotopic (exact) mass is 486 g/mol. The summed E-state index contributed by atoms with van der Waals surface area (Å²) in [5.74, 6) is 0. The molecule has 0 spiro atoms. The maximum Gasteiger partial charge on any atom is 0.0284 e. The van der Waals surface area contributed by atoms with E-state index in [9.17, 15) is 0 Å². The molecule has 102 valence electrons. The molecular weight excluding hydrogens is 470 g/mol. The molecule has 0 aromatic heterocycles. The minimum atomic E-state index is 1.27. The van der Waals surface area contributed by atoms with Gasteiger partial charge >= 0.3 is 0 Å². The molecule has 2 heteroatoms. The average Bonchev–Trinajstić information content (AvgIpc) is 2.49. The minimum Gasteiger partial charge on any atom is -0.0622 e. The highest BCUT2D eigenvalue weighted by Gasteiger charge is 2.12. The highest BCUT2D eigenvalue weighted by atomic mass is 127. The van der Waals surface area contributed by atoms with Gasteiger partial charge in [-0.3, -0.25) is 0 Å². The van der Waals surface area contributed by atoms with Crippen LogP contribution in [0.4, 0.5) is 0 Å². The molecule has 2 aromatic carbocycles. The Morgan fingerprint density at radius 1 is 0.700 bits per heavy atom. The molecule has 0 aliphatic heterocycles. The maximum atomic E-state index is 2.46. The molecule has 0 bridgehead atoms. The Balaban J connectivity index is 2.68. The van der Waals surface area contributed by atoms with Crippen molar-refractivity contribution in [2.75, 3.05) is 0 Å². The van der Waals surface area contributed by atoms with E-state index in [4.69, 9.17) is 0 Å². The highest BCUT2D eigenvalue weighted by Crippen LogP contribution is 2.38. The summed E-state index contributed by atoms with van der Waals surface area (Å²) in [5, 5.41) is 0. The first kappa shape index (κ1) is 15.8. The van der Waals surface area contributed by atoms with Gasteiger partial charge in [-0.2, -0.15) is 0 Å². The van der Waals surface area contributed by atoms with Crippen LogP contribution >= 0.6 is 45.2 Å². The van der Waals surface area contributed by atoms with E-state index in [0.29, 0.717) is 0 Å². The summed E-state index contributed by atoms with van der Waals surface area (Å²) in [4.78, 5) is 0. The lowest BCUT2D eigenvalue weighted by atomic mass is 9.96. The zero-order valence-corrected chi connectivity index (χ0v) is 15.8. The molecule has 0 N–H and O–H groups in total. The molecule has 0 atom stereocenters. The average molecular weight is 486 g/mol. The third-order valence-electron chi connectivity index (χ3n) is 3.20. The standard InChI is InChI=1S/C18H16I2/c1-13(14(2)19)17(15-9-5-3-6-10-15)18(20)16-11-7-4-8-12-16/h3-12H,1-2H3/b14-13-,18-17+. The van der Waals surface area contributed by atoms with Gasteiger partial charge in [0, 0.05) is 3.58 Å². The molecule has 0 aliphatic carbocycles. The Hall–Kier alpha value is -0.620. The third kappa shape index (κ3) is 3.73. The molecular formula is C18H16I2. The second kappa shape index (κ2) is 7.41. The largest absolute Gasteiger partial charge is 0.0622 e. The fourth-order valence-corrected chi connectivity index (χ4v) is 3.36. The van der Waals surface area contributed by atoms with Crippen molar-refractivity contribution in [3.05, 3.63) is 80.9 Å². The predicted molar refractivity (Wildman–Crippen MR) is 106 cm³/mol. The zero-order chi connectivity index (χ0) is 14.5. The van der Waals surface area contributed by atoms with Crippen molar-refractivity contribution in [3.63, 3.8) is 0 Å². The van der Waals surface area contributed by atoms with Gasteiger partial charge in [-0.1, -0.05) is 60.7 Å². The van der Waals surface area contributed by atoms with Gasteiger partial charge in [0.15, 0.2) is 0 Å². The molecule has 0 saturated carbocycles. The Kier molecular flexibility index (Phi) is 5.84. The van der Waals surface area contributed by atoms with Crippen LogP contribution in [0.15, 0.2) is 69.8 Å². The predicted octanol–water partition coefficient (Wildman–Crippen LogP) is 6.72. The summed E-state index contributed by atoms with van der Waals surface area (Å²) in [6.45, 7) is 4.36. The van der Waals surface area contributed by atoms with Crippen molar-refractivity contribution < 1.29 is 0 Å². The minimum absolute atomic E-state index is 1.27. The van der Waals surface area contributed by atoms with Crippen molar-refractivity contribution in [2.24, 2.45) is 0 Å². The summed E-state index contributed by atoms with van der Waals surface area (Å²) in [7, 11) is 0. The summed E-state index contributed by atoms with van der Waals surface area (Å²) in [5.41, 5.74) is 5.20. The van der Waals surface area contributed by atoms with Crippen molar-refractivity contribution in [2.45, 2.75) is 13.8 Å². The summed E-state index contributed by atoms with van der Waals surface area (Å²) in [6.07, 6.45) is 0. The second-order valence-corrected chi connectivity index (χ2v) is 7.28. The summed E-state index contributed by atoms with van der Waals surface area (Å²) < 4.78 is 2.62. The van der Waals surface area contributed by atoms with Gasteiger partial charge in [0.2, 0.25) is 0 Å². The number of hydrogen-bond acceptors (Lipinski definition) is 0. The molecule has 2 rings (SSSR count). The lowest BCUT2D eigenvalue weighted by Crippen LogP contribution is -1.91. The van der Waals surface area contributed by atoms with Crippen molar-refractivity contribution >= 4 is 54.3 Å². The molecule has 0 nitrogen and oxygen atoms in total. The quantitative estimate of drug-likeness (QED) is 0.257. The zero-order valence-electron chi connectivity index (χ0n) is 11.5. The molecule has 0 fully saturated rings. The van der Waals surface area contributed by atoms with E-state index in [-0.39, 0.29) is 0 Å². The van der Waals surface area contributed by atoms with Crippen molar-refractivity contribution in [3.8, 4) is 0 Å². The van der Waals surface area contributed by atoms with Gasteiger partial charge < -0.3 is 0 Å². The number of benzene rings is 2. The van der Waals surface area contributed by atoms with Crippen molar-refractivity contribution in [1.29, 1.82) is 0 Å². The van der Waals surface area contributed by atoms with Crippen LogP contribution in [0.25, 0.3) is 9.15 Å². The Labute approximate surface area is 148 Å². The highest BCUT2D eigenvalue weighted by molar-refractivity contribution is 14.1. The van der Waals surface area contributed by atoms with E-state index in [1.165, 1.54) is 29.4 Å². The van der Waals surface area contributed by atoms with Crippen molar-refractivity contribution in [1.82, 2.24) is 0 Å². The fraction of sp³-hybridized carbons (Fsp3) is 0.111. The SMILES string of the molecule is C/C(I)=C(C)/C(=C(\I)c1ccccc1)c1ccccc1. The van der Waals surface area contributed by atoms with E-state index in [0.717, 1.165) is 0 Å². The number of rotatable bonds is 3. The second-order valence-electron chi connectivity index (χ2n) is 4.58. The first-order valence-corrected chi connectivity index (χ1v) is 8.61. The molecule has 0 heterocycles. The van der Waals surface area contributed by atoms with Crippen LogP contribution in [-0.2, 0) is 0 Å². The Bertz CT molecular complexity index is 634. The van der Waals surface area contributed by atoms with Gasteiger partial charge in [-0.05, 0) is 84.9 Å². The van der Waals surface area contributed by atoms with E-state index >= 15 is 0 Å². The number of allylic oxidation sites excluding steroid dienone is 3. The molecule has 0 amide bonds. The maximum absolute atomic E-state index is 2.46. The van der Waals surface area contributed by atoms with Crippen LogP contribution in [0.3, 0.4) is 0 Å². The molecule has 0 saturated heterocycles. The first-order chi connectivity index (χ1) is 9.61. The van der Waals surface area contributed by atoms with Crippen LogP contribution in [-0.4, -0.2) is 0 Å². The van der Waals surface area contributed by atoms with Crippen LogP contribution in [0.1, 0.15) is 25.0 Å². The molecule has 0 aliphatic rings. The first-order valence-electron chi connectivity index (χ1n) is 6.45.